The molecule has 2 rings (SSSR count). The number of ether oxygens (including phenoxy) is 1. The predicted octanol–water partition coefficient (Wildman–Crippen LogP) is 2.73. The number of hydrogen-bond acceptors (Lipinski definition) is 4. The summed E-state index contributed by atoms with van der Waals surface area (Å²) in [5.41, 5.74) is 0.881. The van der Waals surface area contributed by atoms with E-state index in [4.69, 9.17) is 10.00 Å². The zero-order chi connectivity index (χ0) is 17.4. The van der Waals surface area contributed by atoms with Crippen LogP contribution in [0.3, 0.4) is 0 Å². The van der Waals surface area contributed by atoms with Gasteiger partial charge in [-0.1, -0.05) is 42.5 Å². The molecule has 2 aromatic carbocycles. The third kappa shape index (κ3) is 4.82. The van der Waals surface area contributed by atoms with Crippen molar-refractivity contribution in [2.24, 2.45) is 0 Å². The van der Waals surface area contributed by atoms with Crippen LogP contribution in [0.15, 0.2) is 42.5 Å². The van der Waals surface area contributed by atoms with Crippen LogP contribution in [-0.4, -0.2) is 25.0 Å². The van der Waals surface area contributed by atoms with Crippen LogP contribution < -0.4 is 5.32 Å². The van der Waals surface area contributed by atoms with Crippen molar-refractivity contribution in [1.29, 1.82) is 5.26 Å². The SMILES string of the molecule is COC(=O)[C@H](CCCC#N)NC(=O)Cc1ccc2ccccc2c1. The number of carbonyl (C=O) groups excluding carboxylic acids is 2. The summed E-state index contributed by atoms with van der Waals surface area (Å²) < 4.78 is 4.72. The number of nitriles is 1. The monoisotopic (exact) mass is 324 g/mol. The Morgan fingerprint density at radius 1 is 1.21 bits per heavy atom. The fourth-order valence-electron chi connectivity index (χ4n) is 2.56. The molecule has 0 radical (unpaired) electrons. The second-order valence-corrected chi connectivity index (χ2v) is 5.55. The molecule has 1 atom stereocenters. The third-order valence-corrected chi connectivity index (χ3v) is 3.78. The van der Waals surface area contributed by atoms with Crippen molar-refractivity contribution >= 4 is 22.6 Å². The minimum atomic E-state index is -0.712. The third-order valence-electron chi connectivity index (χ3n) is 3.78. The number of hydrogen-bond donors (Lipinski definition) is 1. The molecule has 24 heavy (non-hydrogen) atoms. The Morgan fingerprint density at radius 3 is 2.67 bits per heavy atom. The number of nitrogens with one attached hydrogen (secondary N) is 1. The highest BCUT2D eigenvalue weighted by molar-refractivity contribution is 5.87. The molecular weight excluding hydrogens is 304 g/mol. The molecule has 5 heteroatoms. The molecule has 1 amide bonds. The van der Waals surface area contributed by atoms with Crippen LogP contribution in [-0.2, 0) is 20.7 Å². The van der Waals surface area contributed by atoms with E-state index in [0.29, 0.717) is 19.3 Å². The van der Waals surface area contributed by atoms with Gasteiger partial charge in [0.25, 0.3) is 0 Å². The van der Waals surface area contributed by atoms with E-state index >= 15 is 0 Å². The lowest BCUT2D eigenvalue weighted by atomic mass is 10.0. The Hall–Kier alpha value is -2.87. The summed E-state index contributed by atoms with van der Waals surface area (Å²) in [7, 11) is 1.29. The average molecular weight is 324 g/mol. The number of unbranched alkanes of at least 4 members (excludes halogenated alkanes) is 1. The molecule has 0 aliphatic carbocycles. The predicted molar refractivity (Wildman–Crippen MR) is 91.1 cm³/mol. The summed E-state index contributed by atoms with van der Waals surface area (Å²) in [6, 6.07) is 15.1. The largest absolute Gasteiger partial charge is 0.467 e. The Balaban J connectivity index is 2.00. The first-order valence-corrected chi connectivity index (χ1v) is 7.86. The Bertz CT molecular complexity index is 765. The minimum Gasteiger partial charge on any atom is -0.467 e. The molecule has 0 aliphatic rings. The molecule has 0 saturated carbocycles. The maximum Gasteiger partial charge on any atom is 0.328 e. The first-order valence-electron chi connectivity index (χ1n) is 7.86. The van der Waals surface area contributed by atoms with Gasteiger partial charge in [0.15, 0.2) is 0 Å². The van der Waals surface area contributed by atoms with Crippen molar-refractivity contribution in [2.75, 3.05) is 7.11 Å². The van der Waals surface area contributed by atoms with Crippen molar-refractivity contribution in [3.8, 4) is 6.07 Å². The number of fused-ring (bicyclic) bond motifs is 1. The number of benzene rings is 2. The van der Waals surface area contributed by atoms with Crippen molar-refractivity contribution < 1.29 is 14.3 Å². The number of methoxy groups -OCH3 is 1. The van der Waals surface area contributed by atoms with E-state index in [2.05, 4.69) is 5.32 Å². The van der Waals surface area contributed by atoms with Crippen LogP contribution in [0.25, 0.3) is 10.8 Å². The normalized spacial score (nSPS) is 11.5. The second kappa shape index (κ2) is 8.68. The Kier molecular flexibility index (Phi) is 6.32. The Labute approximate surface area is 141 Å². The molecule has 0 aliphatic heterocycles. The molecule has 0 heterocycles. The van der Waals surface area contributed by atoms with Gasteiger partial charge in [-0.05, 0) is 29.2 Å². The van der Waals surface area contributed by atoms with Crippen LogP contribution in [0.2, 0.25) is 0 Å². The van der Waals surface area contributed by atoms with Crippen LogP contribution in [0, 0.1) is 11.3 Å². The summed E-state index contributed by atoms with van der Waals surface area (Å²) in [6.07, 6.45) is 1.46. The molecular formula is C19H20N2O3. The zero-order valence-corrected chi connectivity index (χ0v) is 13.6. The van der Waals surface area contributed by atoms with E-state index in [0.717, 1.165) is 16.3 Å². The summed E-state index contributed by atoms with van der Waals surface area (Å²) in [5.74, 6) is -0.725. The smallest absolute Gasteiger partial charge is 0.328 e. The number of rotatable bonds is 7. The summed E-state index contributed by atoms with van der Waals surface area (Å²) in [5, 5.41) is 13.5. The van der Waals surface area contributed by atoms with Gasteiger partial charge >= 0.3 is 5.97 Å². The maximum atomic E-state index is 12.2. The zero-order valence-electron chi connectivity index (χ0n) is 13.6. The van der Waals surface area contributed by atoms with Crippen LogP contribution in [0.1, 0.15) is 24.8 Å². The van der Waals surface area contributed by atoms with Gasteiger partial charge in [-0.3, -0.25) is 4.79 Å². The number of amides is 1. The summed E-state index contributed by atoms with van der Waals surface area (Å²) in [6.45, 7) is 0. The van der Waals surface area contributed by atoms with E-state index < -0.39 is 12.0 Å². The molecule has 5 nitrogen and oxygen atoms in total. The highest BCUT2D eigenvalue weighted by atomic mass is 16.5. The number of nitrogens with zero attached hydrogens (tertiary/aromatic N) is 1. The minimum absolute atomic E-state index is 0.191. The first-order chi connectivity index (χ1) is 11.6. The van der Waals surface area contributed by atoms with Crippen LogP contribution >= 0.6 is 0 Å². The van der Waals surface area contributed by atoms with E-state index in [1.807, 2.05) is 48.5 Å². The van der Waals surface area contributed by atoms with Crippen molar-refractivity contribution in [1.82, 2.24) is 5.32 Å². The lowest BCUT2D eigenvalue weighted by Gasteiger charge is -2.16. The van der Waals surface area contributed by atoms with E-state index in [-0.39, 0.29) is 12.3 Å². The van der Waals surface area contributed by atoms with Gasteiger partial charge in [0.05, 0.1) is 19.6 Å². The Morgan fingerprint density at radius 2 is 1.96 bits per heavy atom. The average Bonchev–Trinajstić information content (AvgIpc) is 2.60. The van der Waals surface area contributed by atoms with E-state index in [9.17, 15) is 9.59 Å². The molecule has 0 bridgehead atoms. The molecule has 0 spiro atoms. The molecule has 0 unspecified atom stereocenters. The lowest BCUT2D eigenvalue weighted by molar-refractivity contribution is -0.145. The highest BCUT2D eigenvalue weighted by Crippen LogP contribution is 2.16. The maximum absolute atomic E-state index is 12.2. The van der Waals surface area contributed by atoms with Gasteiger partial charge in [0.1, 0.15) is 6.04 Å². The van der Waals surface area contributed by atoms with Crippen LogP contribution in [0.5, 0.6) is 0 Å². The first kappa shape index (κ1) is 17.5. The molecule has 0 fully saturated rings. The standard InChI is InChI=1S/C19H20N2O3/c1-24-19(23)17(8-4-5-11-20)21-18(22)13-14-9-10-15-6-2-3-7-16(15)12-14/h2-3,6-7,9-10,12,17H,4-5,8,13H2,1H3,(H,21,22)/t17-/m0/s1. The van der Waals surface area contributed by atoms with Gasteiger partial charge in [-0.2, -0.15) is 5.26 Å². The number of esters is 1. The lowest BCUT2D eigenvalue weighted by Crippen LogP contribution is -2.42. The second-order valence-electron chi connectivity index (χ2n) is 5.55. The summed E-state index contributed by atoms with van der Waals surface area (Å²) in [4.78, 5) is 24.0. The summed E-state index contributed by atoms with van der Waals surface area (Å²) >= 11 is 0. The van der Waals surface area contributed by atoms with Gasteiger partial charge in [-0.25, -0.2) is 4.79 Å². The van der Waals surface area contributed by atoms with Crippen molar-refractivity contribution in [3.63, 3.8) is 0 Å². The van der Waals surface area contributed by atoms with Crippen molar-refractivity contribution in [2.45, 2.75) is 31.7 Å². The van der Waals surface area contributed by atoms with Gasteiger partial charge in [0.2, 0.25) is 5.91 Å². The topological polar surface area (TPSA) is 79.2 Å². The molecule has 0 saturated heterocycles. The molecule has 2 aromatic rings. The fraction of sp³-hybridized carbons (Fsp3) is 0.316. The van der Waals surface area contributed by atoms with Gasteiger partial charge in [-0.15, -0.1) is 0 Å². The molecule has 0 aromatic heterocycles. The molecule has 1 N–H and O–H groups in total. The van der Waals surface area contributed by atoms with E-state index in [1.165, 1.54) is 7.11 Å². The fourth-order valence-corrected chi connectivity index (χ4v) is 2.56. The van der Waals surface area contributed by atoms with Crippen molar-refractivity contribution in [3.05, 3.63) is 48.0 Å². The quantitative estimate of drug-likeness (QED) is 0.627. The molecule has 124 valence electrons. The van der Waals surface area contributed by atoms with Gasteiger partial charge < -0.3 is 10.1 Å². The highest BCUT2D eigenvalue weighted by Gasteiger charge is 2.21. The van der Waals surface area contributed by atoms with E-state index in [1.54, 1.807) is 0 Å². The van der Waals surface area contributed by atoms with Crippen LogP contribution in [0.4, 0.5) is 0 Å². The van der Waals surface area contributed by atoms with Gasteiger partial charge in [0, 0.05) is 6.42 Å². The number of carbonyl (C=O) groups is 2.